The molecule has 0 unspecified atom stereocenters. The van der Waals surface area contributed by atoms with E-state index in [0.29, 0.717) is 77.3 Å². The summed E-state index contributed by atoms with van der Waals surface area (Å²) < 4.78 is 34.3. The second kappa shape index (κ2) is 51.3. The third-order valence-electron chi connectivity index (χ3n) is 24.0. The Hall–Kier alpha value is -8.08. The summed E-state index contributed by atoms with van der Waals surface area (Å²) >= 11 is 0. The fourth-order valence-corrected chi connectivity index (χ4v) is 16.0. The highest BCUT2D eigenvalue weighted by Gasteiger charge is 2.48. The first kappa shape index (κ1) is 105. The number of ketones is 3. The summed E-state index contributed by atoms with van der Waals surface area (Å²) in [6.45, 7) is 21.5. The molecule has 3 aliphatic rings. The number of benzene rings is 3. The van der Waals surface area contributed by atoms with Gasteiger partial charge in [-0.3, -0.25) is 39.3 Å². The van der Waals surface area contributed by atoms with Crippen molar-refractivity contribution < 1.29 is 119 Å². The summed E-state index contributed by atoms with van der Waals surface area (Å²) in [4.78, 5) is 60.7. The van der Waals surface area contributed by atoms with Crippen LogP contribution in [0.15, 0.2) is 54.6 Å². The number of hydrogen-bond acceptors (Lipinski definition) is 29. The molecule has 3 fully saturated rings. The van der Waals surface area contributed by atoms with E-state index in [4.69, 9.17) is 51.4 Å². The number of ether oxygens (including phenoxy) is 6. The molecule has 0 aliphatic carbocycles. The van der Waals surface area contributed by atoms with E-state index in [1.54, 1.807) is 0 Å². The van der Waals surface area contributed by atoms with Crippen LogP contribution in [0.4, 0.5) is 0 Å². The van der Waals surface area contributed by atoms with Crippen LogP contribution in [-0.4, -0.2) is 258 Å². The highest BCUT2D eigenvalue weighted by atomic mass is 16.7. The van der Waals surface area contributed by atoms with E-state index in [1.807, 2.05) is 100 Å². The Morgan fingerprint density at radius 2 is 0.730 bits per heavy atom. The number of H-pyrrole nitrogens is 3. The molecule has 18 atom stereocenters. The van der Waals surface area contributed by atoms with Crippen molar-refractivity contribution in [1.29, 1.82) is 0 Å². The van der Waals surface area contributed by atoms with Crippen LogP contribution in [0.5, 0.6) is 17.6 Å². The lowest BCUT2D eigenvalue weighted by Gasteiger charge is -2.39. The number of unbranched alkanes of at least 4 members (excludes halogenated alkanes) is 2. The van der Waals surface area contributed by atoms with Crippen LogP contribution in [0.2, 0.25) is 0 Å². The van der Waals surface area contributed by atoms with Crippen LogP contribution in [0.25, 0.3) is 0 Å². The number of rotatable bonds is 48. The number of Topliss-reactive ketones (excluding diaryl/α,β-unsaturated/α-hetero) is 3. The number of carbonyl (C=O) groups excluding carboxylic acids is 5. The normalized spacial score (nSPS) is 23.3. The van der Waals surface area contributed by atoms with Crippen LogP contribution >= 0.6 is 0 Å². The molecule has 3 saturated heterocycles. The van der Waals surface area contributed by atoms with E-state index in [-0.39, 0.29) is 84.0 Å². The molecule has 0 radical (unpaired) electrons. The number of aliphatic hydroxyl groups is 13. The Balaban J connectivity index is 0.000000259. The first-order chi connectivity index (χ1) is 59.9. The van der Waals surface area contributed by atoms with Gasteiger partial charge in [0.2, 0.25) is 48.3 Å². The number of aromatic amines is 3. The average molecular weight is 1770 g/mol. The molecule has 24 N–H and O–H groups in total. The van der Waals surface area contributed by atoms with Crippen molar-refractivity contribution in [2.75, 3.05) is 39.5 Å². The minimum absolute atomic E-state index is 0.0128. The molecule has 126 heavy (non-hydrogen) atoms. The molecule has 6 aromatic rings. The number of nitrogens with zero attached hydrogens (tertiary/aromatic N) is 3. The summed E-state index contributed by atoms with van der Waals surface area (Å²) in [6, 6.07) is 18.5. The van der Waals surface area contributed by atoms with Crippen LogP contribution in [-0.2, 0) is 76.7 Å². The van der Waals surface area contributed by atoms with Gasteiger partial charge in [-0.05, 0) is 178 Å². The minimum atomic E-state index is -1.56. The number of amides is 2. The van der Waals surface area contributed by atoms with Gasteiger partial charge in [-0.15, -0.1) is 15.3 Å². The molecule has 34 nitrogen and oxygen atoms in total. The van der Waals surface area contributed by atoms with Gasteiger partial charge >= 0.3 is 0 Å². The lowest BCUT2D eigenvalue weighted by atomic mass is 9.88. The monoisotopic (exact) mass is 1770 g/mol. The van der Waals surface area contributed by atoms with Gasteiger partial charge in [-0.1, -0.05) is 123 Å². The molecule has 704 valence electrons. The second-order valence-electron chi connectivity index (χ2n) is 35.2. The van der Waals surface area contributed by atoms with Crippen molar-refractivity contribution in [3.63, 3.8) is 0 Å². The van der Waals surface area contributed by atoms with Gasteiger partial charge in [0.25, 0.3) is 0 Å². The van der Waals surface area contributed by atoms with Crippen molar-refractivity contribution >= 4 is 29.2 Å². The topological polar surface area (TPSA) is 594 Å². The Morgan fingerprint density at radius 3 is 1.01 bits per heavy atom. The summed E-state index contributed by atoms with van der Waals surface area (Å²) in [5.74, 6) is -0.527. The fraction of sp³-hybridized carbons (Fsp3) is 0.652. The molecule has 0 saturated carbocycles. The van der Waals surface area contributed by atoms with Crippen molar-refractivity contribution in [2.45, 2.75) is 321 Å². The van der Waals surface area contributed by atoms with E-state index in [1.165, 1.54) is 0 Å². The summed E-state index contributed by atoms with van der Waals surface area (Å²) in [5.41, 5.74) is 36.5. The van der Waals surface area contributed by atoms with Crippen LogP contribution in [0.1, 0.15) is 253 Å². The summed E-state index contributed by atoms with van der Waals surface area (Å²) in [5, 5.41) is 152. The Kier molecular flexibility index (Phi) is 42.8. The number of primary amides is 2. The SMILES string of the molecule is Cc1cc(CCCC(=O)C[C@@H](CCCCN)C(N)=O)ccc1Cc1c(O[C@@H]2O[C@H](CO)[C@@H](O)[C@H](O)[C@H]2O)n[nH]c1C(C)C.Cc1cc(CCCC(=O)C[C@H](C(N)=O)C(C)C)ccc1Cc1c(O[C@@H]2O[C@H](CO)[C@@H](O)[C@H](O)[C@H]2O)n[nH]c1C(C)C.Cc1cc(CCCC(=O)C[C@H](CO)CCCCN)ccc1Cc1c(O[C@@H]2O[C@H](CO)[C@@H](O)[C@H](O)[C@H]2O)n[nH]c1C(C)C. The first-order valence-electron chi connectivity index (χ1n) is 44.4. The van der Waals surface area contributed by atoms with E-state index < -0.39 is 136 Å². The molecule has 2 amide bonds. The van der Waals surface area contributed by atoms with Crippen molar-refractivity contribution in [2.24, 2.45) is 46.6 Å². The number of carbonyl (C=O) groups is 5. The van der Waals surface area contributed by atoms with Gasteiger partial charge in [-0.2, -0.15) is 0 Å². The third-order valence-corrected chi connectivity index (χ3v) is 24.0. The molecule has 3 aromatic heterocycles. The second-order valence-corrected chi connectivity index (χ2v) is 35.2. The Labute approximate surface area is 738 Å². The number of aliphatic hydroxyl groups excluding tert-OH is 13. The van der Waals surface area contributed by atoms with Gasteiger partial charge in [0.1, 0.15) is 90.6 Å². The number of aryl methyl sites for hydroxylation is 6. The lowest BCUT2D eigenvalue weighted by molar-refractivity contribution is -0.278. The number of aromatic nitrogens is 6. The molecule has 0 bridgehead atoms. The zero-order valence-corrected chi connectivity index (χ0v) is 74.9. The van der Waals surface area contributed by atoms with Gasteiger partial charge in [-0.25, -0.2) is 0 Å². The van der Waals surface area contributed by atoms with Crippen LogP contribution in [0, 0.1) is 44.4 Å². The molecule has 0 spiro atoms. The maximum atomic E-state index is 12.5. The standard InChI is InChI=1S/C31H48N4O8.C31H49N3O8.C30H45N3O8/c1-17(2)25-23(30(35-34-25)43-31-28(40)27(39)26(38)24(16-36)42-31)15-20-11-10-19(13-18(20)3)7-6-9-22(37)14-21(29(33)41)8-4-5-12-32;1-18(2)26-24(30(34-33-26)42-31-29(40)28(39)27(38)25(17-36)41-31)15-22-11-10-20(13-19(22)3)8-6-9-23(37)14-21(16-35)7-4-5-12-32;1-15(2)21(28(31)39)13-20(35)8-6-7-18-9-10-19(17(5)11-18)12-22-24(16(3)4)32-33-29(22)41-30-27(38)26(37)25(36)23(14-34)40-30/h10-11,13,17,21,24,26-28,31,36,38-40H,4-9,12,14-16,32H2,1-3H3,(H2,33,41)(H,34,35);10-11,13,18,21,25,27-29,31,35-36,38-40H,4-9,12,14-17,32H2,1-3H3,(H,33,34);9-11,15-16,21,23,25-27,30,34,36-38H,6-8,12-14H2,1-5H3,(H2,31,39)(H,32,33)/t21-,24-,26-,27+,28-,31+;21-,25-,27-,28+,29-,31+;21-,23+,25+,26-,27+,30-/m110/s1. The number of nitrogens with one attached hydrogen (secondary N) is 3. The molecule has 3 aliphatic heterocycles. The highest BCUT2D eigenvalue weighted by Crippen LogP contribution is 2.37. The van der Waals surface area contributed by atoms with E-state index in [9.17, 15) is 90.4 Å². The third kappa shape index (κ3) is 30.0. The van der Waals surface area contributed by atoms with E-state index in [2.05, 4.69) is 60.9 Å². The average Bonchev–Trinajstić information content (AvgIpc) is 1.65. The van der Waals surface area contributed by atoms with Gasteiger partial charge in [0.05, 0.1) is 19.8 Å². The molecule has 6 heterocycles. The molecular formula is C92H142N10O24. The van der Waals surface area contributed by atoms with Crippen molar-refractivity contribution in [3.8, 4) is 17.6 Å². The lowest BCUT2D eigenvalue weighted by Crippen LogP contribution is -2.60. The highest BCUT2D eigenvalue weighted by molar-refractivity contribution is 5.87. The maximum absolute atomic E-state index is 12.5. The molecule has 9 rings (SSSR count). The van der Waals surface area contributed by atoms with E-state index >= 15 is 0 Å². The predicted molar refractivity (Wildman–Crippen MR) is 467 cm³/mol. The van der Waals surface area contributed by atoms with Crippen LogP contribution in [0.3, 0.4) is 0 Å². The van der Waals surface area contributed by atoms with Gasteiger partial charge in [0.15, 0.2) is 0 Å². The van der Waals surface area contributed by atoms with Gasteiger partial charge in [0, 0.05) is 110 Å². The molecule has 3 aromatic carbocycles. The van der Waals surface area contributed by atoms with Crippen LogP contribution < -0.4 is 37.1 Å². The zero-order valence-electron chi connectivity index (χ0n) is 74.9. The Bertz CT molecular complexity index is 4360. The molecule has 34 heteroatoms. The summed E-state index contributed by atoms with van der Waals surface area (Å²) in [7, 11) is 0. The Morgan fingerprint density at radius 1 is 0.413 bits per heavy atom. The van der Waals surface area contributed by atoms with E-state index in [0.717, 1.165) is 142 Å². The fourth-order valence-electron chi connectivity index (χ4n) is 16.0. The predicted octanol–water partition coefficient (Wildman–Crippen LogP) is 4.40. The van der Waals surface area contributed by atoms with Crippen molar-refractivity contribution in [1.82, 2.24) is 30.6 Å². The zero-order chi connectivity index (χ0) is 92.9. The minimum Gasteiger partial charge on any atom is -0.443 e. The smallest absolute Gasteiger partial charge is 0.238 e. The first-order valence-corrected chi connectivity index (χ1v) is 44.4. The summed E-state index contributed by atoms with van der Waals surface area (Å²) in [6.07, 6.45) is -8.36. The number of hydrogen-bond donors (Lipinski definition) is 20. The quantitative estimate of drug-likeness (QED) is 0.0235. The molecular weight excluding hydrogens is 1630 g/mol. The largest absolute Gasteiger partial charge is 0.443 e. The van der Waals surface area contributed by atoms with Crippen molar-refractivity contribution in [3.05, 3.63) is 138 Å². The maximum Gasteiger partial charge on any atom is 0.238 e. The number of nitrogens with two attached hydrogens (primary N) is 4. The van der Waals surface area contributed by atoms with Gasteiger partial charge < -0.3 is 118 Å².